The van der Waals surface area contributed by atoms with Crippen LogP contribution in [0.2, 0.25) is 0 Å². The molecule has 0 aliphatic heterocycles. The summed E-state index contributed by atoms with van der Waals surface area (Å²) in [5, 5.41) is 9.13. The van der Waals surface area contributed by atoms with Crippen LogP contribution in [0.25, 0.3) is 0 Å². The van der Waals surface area contributed by atoms with Crippen molar-refractivity contribution in [2.45, 2.75) is 33.9 Å². The van der Waals surface area contributed by atoms with E-state index in [0.717, 1.165) is 6.07 Å². The maximum Gasteiger partial charge on any atom is 0.417 e. The standard InChI is InChI=1S/C17H18F3NO3/c1-5-24-10-6-7-11(13(8-10)17(18,19)20)14(22)12(9-21)15(23)16(2,3)4/h6-8,12H,5H2,1-4H3. The summed E-state index contributed by atoms with van der Waals surface area (Å²) < 4.78 is 44.8. The maximum absolute atomic E-state index is 13.3. The first-order chi connectivity index (χ1) is 10.9. The van der Waals surface area contributed by atoms with Crippen LogP contribution in [0.1, 0.15) is 43.6 Å². The van der Waals surface area contributed by atoms with Gasteiger partial charge in [-0.15, -0.1) is 0 Å². The summed E-state index contributed by atoms with van der Waals surface area (Å²) in [5.41, 5.74) is -2.96. The second kappa shape index (κ2) is 7.04. The molecule has 0 aliphatic rings. The third-order valence-electron chi connectivity index (χ3n) is 3.27. The number of carbonyl (C=O) groups is 2. The Labute approximate surface area is 138 Å². The molecule has 1 atom stereocenters. The van der Waals surface area contributed by atoms with E-state index in [9.17, 15) is 22.8 Å². The normalized spacial score (nSPS) is 13.1. The second-order valence-corrected chi connectivity index (χ2v) is 6.18. The van der Waals surface area contributed by atoms with Crippen LogP contribution in [0.4, 0.5) is 13.2 Å². The summed E-state index contributed by atoms with van der Waals surface area (Å²) in [4.78, 5) is 24.6. The van der Waals surface area contributed by atoms with Gasteiger partial charge in [0.05, 0.1) is 18.2 Å². The van der Waals surface area contributed by atoms with Crippen molar-refractivity contribution in [3.8, 4) is 11.8 Å². The van der Waals surface area contributed by atoms with Crippen LogP contribution < -0.4 is 4.74 Å². The van der Waals surface area contributed by atoms with E-state index < -0.39 is 40.2 Å². The number of nitriles is 1. The third-order valence-corrected chi connectivity index (χ3v) is 3.27. The summed E-state index contributed by atoms with van der Waals surface area (Å²) in [6.07, 6.45) is -4.82. The summed E-state index contributed by atoms with van der Waals surface area (Å²) in [6, 6.07) is 4.38. The number of carbonyl (C=O) groups excluding carboxylic acids is 2. The Morgan fingerprint density at radius 3 is 2.25 bits per heavy atom. The van der Waals surface area contributed by atoms with Crippen molar-refractivity contribution in [1.29, 1.82) is 5.26 Å². The lowest BCUT2D eigenvalue weighted by molar-refractivity contribution is -0.138. The Hall–Kier alpha value is -2.36. The molecule has 7 heteroatoms. The summed E-state index contributed by atoms with van der Waals surface area (Å²) >= 11 is 0. The highest BCUT2D eigenvalue weighted by Crippen LogP contribution is 2.36. The van der Waals surface area contributed by atoms with Gasteiger partial charge in [0, 0.05) is 11.0 Å². The zero-order chi connectivity index (χ0) is 18.7. The number of rotatable bonds is 5. The number of ketones is 2. The molecule has 4 nitrogen and oxygen atoms in total. The summed E-state index contributed by atoms with van der Waals surface area (Å²) in [7, 11) is 0. The maximum atomic E-state index is 13.3. The molecule has 0 saturated heterocycles. The van der Waals surface area contributed by atoms with Gasteiger partial charge in [0.1, 0.15) is 5.75 Å². The molecular formula is C17H18F3NO3. The van der Waals surface area contributed by atoms with Gasteiger partial charge in [-0.1, -0.05) is 20.8 Å². The summed E-state index contributed by atoms with van der Waals surface area (Å²) in [5.74, 6) is -3.72. The van der Waals surface area contributed by atoms with Crippen LogP contribution >= 0.6 is 0 Å². The van der Waals surface area contributed by atoms with Gasteiger partial charge < -0.3 is 4.74 Å². The largest absolute Gasteiger partial charge is 0.494 e. The van der Waals surface area contributed by atoms with Crippen molar-refractivity contribution < 1.29 is 27.5 Å². The lowest BCUT2D eigenvalue weighted by Crippen LogP contribution is -2.33. The van der Waals surface area contributed by atoms with Gasteiger partial charge in [-0.2, -0.15) is 18.4 Å². The van der Waals surface area contributed by atoms with Gasteiger partial charge in [-0.05, 0) is 25.1 Å². The van der Waals surface area contributed by atoms with Crippen molar-refractivity contribution in [2.75, 3.05) is 6.61 Å². The number of alkyl halides is 3. The number of Topliss-reactive ketones (excluding diaryl/α,β-unsaturated/α-hetero) is 2. The Morgan fingerprint density at radius 2 is 1.83 bits per heavy atom. The Kier molecular flexibility index (Phi) is 5.77. The minimum Gasteiger partial charge on any atom is -0.494 e. The Balaban J connectivity index is 3.42. The molecule has 24 heavy (non-hydrogen) atoms. The van der Waals surface area contributed by atoms with Crippen LogP contribution in [0.15, 0.2) is 18.2 Å². The minimum atomic E-state index is -4.82. The highest BCUT2D eigenvalue weighted by molar-refractivity contribution is 6.14. The van der Waals surface area contributed by atoms with Crippen LogP contribution in [-0.4, -0.2) is 18.2 Å². The lowest BCUT2D eigenvalue weighted by atomic mass is 9.80. The molecule has 0 amide bonds. The molecular weight excluding hydrogens is 323 g/mol. The Bertz CT molecular complexity index is 682. The van der Waals surface area contributed by atoms with Gasteiger partial charge in [0.25, 0.3) is 0 Å². The van der Waals surface area contributed by atoms with Crippen molar-refractivity contribution in [2.24, 2.45) is 11.3 Å². The molecule has 0 N–H and O–H groups in total. The molecule has 0 bridgehead atoms. The van der Waals surface area contributed by atoms with E-state index in [1.165, 1.54) is 32.9 Å². The Morgan fingerprint density at radius 1 is 1.25 bits per heavy atom. The predicted molar refractivity (Wildman–Crippen MR) is 80.5 cm³/mol. The lowest BCUT2D eigenvalue weighted by Gasteiger charge is -2.21. The van der Waals surface area contributed by atoms with Gasteiger partial charge in [-0.3, -0.25) is 9.59 Å². The van der Waals surface area contributed by atoms with Crippen molar-refractivity contribution in [3.63, 3.8) is 0 Å². The van der Waals surface area contributed by atoms with E-state index in [2.05, 4.69) is 0 Å². The first-order valence-corrected chi connectivity index (χ1v) is 7.25. The van der Waals surface area contributed by atoms with Crippen LogP contribution in [0.3, 0.4) is 0 Å². The molecule has 0 fully saturated rings. The molecule has 0 heterocycles. The smallest absolute Gasteiger partial charge is 0.417 e. The molecule has 1 rings (SSSR count). The predicted octanol–water partition coefficient (Wildman–Crippen LogP) is 4.04. The minimum absolute atomic E-state index is 0.0444. The van der Waals surface area contributed by atoms with Gasteiger partial charge >= 0.3 is 6.18 Å². The van der Waals surface area contributed by atoms with Crippen LogP contribution in [-0.2, 0) is 11.0 Å². The average Bonchev–Trinajstić information content (AvgIpc) is 2.46. The number of hydrogen-bond donors (Lipinski definition) is 0. The molecule has 0 radical (unpaired) electrons. The van der Waals surface area contributed by atoms with E-state index >= 15 is 0 Å². The quantitative estimate of drug-likeness (QED) is 0.599. The van der Waals surface area contributed by atoms with Gasteiger partial charge in [0.15, 0.2) is 17.5 Å². The summed E-state index contributed by atoms with van der Waals surface area (Å²) in [6.45, 7) is 6.26. The fourth-order valence-corrected chi connectivity index (χ4v) is 2.05. The van der Waals surface area contributed by atoms with E-state index in [1.807, 2.05) is 0 Å². The fourth-order valence-electron chi connectivity index (χ4n) is 2.05. The highest BCUT2D eigenvalue weighted by atomic mass is 19.4. The average molecular weight is 341 g/mol. The van der Waals surface area contributed by atoms with Crippen molar-refractivity contribution >= 4 is 11.6 Å². The molecule has 1 aromatic rings. The zero-order valence-corrected chi connectivity index (χ0v) is 13.8. The van der Waals surface area contributed by atoms with E-state index in [4.69, 9.17) is 10.00 Å². The second-order valence-electron chi connectivity index (χ2n) is 6.18. The highest BCUT2D eigenvalue weighted by Gasteiger charge is 2.41. The first kappa shape index (κ1) is 19.7. The fraction of sp³-hybridized carbons (Fsp3) is 0.471. The number of benzene rings is 1. The molecule has 0 saturated carbocycles. The zero-order valence-electron chi connectivity index (χ0n) is 13.8. The number of ether oxygens (including phenoxy) is 1. The molecule has 0 aliphatic carbocycles. The van der Waals surface area contributed by atoms with Gasteiger partial charge in [0.2, 0.25) is 0 Å². The van der Waals surface area contributed by atoms with E-state index in [0.29, 0.717) is 6.07 Å². The molecule has 130 valence electrons. The van der Waals surface area contributed by atoms with Crippen molar-refractivity contribution in [3.05, 3.63) is 29.3 Å². The van der Waals surface area contributed by atoms with E-state index in [-0.39, 0.29) is 12.4 Å². The molecule has 0 aromatic heterocycles. The molecule has 0 spiro atoms. The number of hydrogen-bond acceptors (Lipinski definition) is 4. The monoisotopic (exact) mass is 341 g/mol. The number of halogens is 3. The van der Waals surface area contributed by atoms with Crippen LogP contribution in [0, 0.1) is 22.7 Å². The van der Waals surface area contributed by atoms with Crippen LogP contribution in [0.5, 0.6) is 5.75 Å². The third kappa shape index (κ3) is 4.34. The molecule has 1 unspecified atom stereocenters. The van der Waals surface area contributed by atoms with E-state index in [1.54, 1.807) is 6.92 Å². The topological polar surface area (TPSA) is 67.2 Å². The van der Waals surface area contributed by atoms with Crippen molar-refractivity contribution in [1.82, 2.24) is 0 Å². The SMILES string of the molecule is CCOc1ccc(C(=O)C(C#N)C(=O)C(C)(C)C)c(C(F)(F)F)c1. The number of nitrogens with zero attached hydrogens (tertiary/aromatic N) is 1. The first-order valence-electron chi connectivity index (χ1n) is 7.25. The van der Waals surface area contributed by atoms with Gasteiger partial charge in [-0.25, -0.2) is 0 Å². The molecule has 1 aromatic carbocycles.